The fraction of sp³-hybridized carbons (Fsp3) is 0.0377. The summed E-state index contributed by atoms with van der Waals surface area (Å²) in [6.45, 7) is 0. The summed E-state index contributed by atoms with van der Waals surface area (Å²) in [6.07, 6.45) is 3.38. The summed E-state index contributed by atoms with van der Waals surface area (Å²) in [5, 5.41) is 1.27. The summed E-state index contributed by atoms with van der Waals surface area (Å²) < 4.78 is 2.83. The molecule has 10 rings (SSSR count). The van der Waals surface area contributed by atoms with Crippen molar-refractivity contribution in [2.75, 3.05) is 0 Å². The number of allylic oxidation sites excluding steroid dienone is 1. The largest absolute Gasteiger partial charge is 0.313 e. The number of halogens is 1. The van der Waals surface area contributed by atoms with Crippen molar-refractivity contribution in [1.82, 2.24) is 9.55 Å². The molecule has 0 aliphatic heterocycles. The molecule has 0 bridgehead atoms. The second-order valence-corrected chi connectivity index (χ2v) is 15.9. The van der Waals surface area contributed by atoms with E-state index >= 15 is 0 Å². The van der Waals surface area contributed by atoms with Crippen LogP contribution in [0.25, 0.3) is 84.1 Å². The lowest BCUT2D eigenvalue weighted by Gasteiger charge is -2.23. The third-order valence-electron chi connectivity index (χ3n) is 11.0. The van der Waals surface area contributed by atoms with Crippen molar-refractivity contribution in [2.24, 2.45) is 0 Å². The van der Waals surface area contributed by atoms with Crippen LogP contribution < -0.4 is 0 Å². The Hall–Kier alpha value is -6.30. The highest BCUT2D eigenvalue weighted by Crippen LogP contribution is 2.43. The maximum absolute atomic E-state index is 5.32. The molecule has 0 fully saturated rings. The van der Waals surface area contributed by atoms with E-state index in [9.17, 15) is 0 Å². The summed E-state index contributed by atoms with van der Waals surface area (Å²) in [5.41, 5.74) is 18.9. The number of fused-ring (bicyclic) bond motifs is 3. The summed E-state index contributed by atoms with van der Waals surface area (Å²) >= 11 is 2.64. The molecule has 1 aliphatic carbocycles. The first-order chi connectivity index (χ1) is 27.7. The first-order valence-electron chi connectivity index (χ1n) is 19.1. The SMILES string of the molecule is I[C@H]1Cc2c(c3cc(-c4ccccc4)ccc3n2-c2cccc(-c3cc(-c4ccc(-c5ccccc5)cc4)cc(-c4ccccc4)n3)c2)C=C1c1ccccc1. The second kappa shape index (κ2) is 14.7. The van der Waals surface area contributed by atoms with Gasteiger partial charge in [-0.2, -0.15) is 0 Å². The summed E-state index contributed by atoms with van der Waals surface area (Å²) in [5.74, 6) is 0. The number of nitrogens with zero attached hydrogens (tertiary/aromatic N) is 2. The molecule has 56 heavy (non-hydrogen) atoms. The Balaban J connectivity index is 1.12. The van der Waals surface area contributed by atoms with Crippen LogP contribution in [0, 0.1) is 0 Å². The minimum Gasteiger partial charge on any atom is -0.313 e. The van der Waals surface area contributed by atoms with Gasteiger partial charge in [0.25, 0.3) is 0 Å². The first kappa shape index (κ1) is 34.2. The van der Waals surface area contributed by atoms with Gasteiger partial charge in [0.1, 0.15) is 0 Å². The van der Waals surface area contributed by atoms with Crippen LogP contribution in [-0.2, 0) is 6.42 Å². The average molecular weight is 829 g/mol. The van der Waals surface area contributed by atoms with Gasteiger partial charge in [0, 0.05) is 43.8 Å². The van der Waals surface area contributed by atoms with Crippen LogP contribution >= 0.6 is 22.6 Å². The Morgan fingerprint density at radius 2 is 0.929 bits per heavy atom. The van der Waals surface area contributed by atoms with Crippen LogP contribution in [0.15, 0.2) is 200 Å². The predicted octanol–water partition coefficient (Wildman–Crippen LogP) is 14.3. The van der Waals surface area contributed by atoms with Crippen molar-refractivity contribution in [3.63, 3.8) is 0 Å². The van der Waals surface area contributed by atoms with E-state index in [2.05, 4.69) is 233 Å². The van der Waals surface area contributed by atoms with Gasteiger partial charge in [0.15, 0.2) is 0 Å². The van der Waals surface area contributed by atoms with Gasteiger partial charge in [-0.1, -0.05) is 186 Å². The molecule has 7 aromatic carbocycles. The van der Waals surface area contributed by atoms with Crippen LogP contribution in [0.1, 0.15) is 16.8 Å². The molecule has 0 N–H and O–H groups in total. The Labute approximate surface area is 341 Å². The van der Waals surface area contributed by atoms with Crippen LogP contribution in [0.5, 0.6) is 0 Å². The van der Waals surface area contributed by atoms with Gasteiger partial charge >= 0.3 is 0 Å². The fourth-order valence-corrected chi connectivity index (χ4v) is 9.10. The smallest absolute Gasteiger partial charge is 0.0716 e. The van der Waals surface area contributed by atoms with Gasteiger partial charge in [-0.05, 0) is 87.0 Å². The van der Waals surface area contributed by atoms with Crippen molar-refractivity contribution in [2.45, 2.75) is 10.3 Å². The molecule has 0 saturated heterocycles. The third kappa shape index (κ3) is 6.48. The molecule has 3 heteroatoms. The molecule has 2 aromatic heterocycles. The predicted molar refractivity (Wildman–Crippen MR) is 244 cm³/mol. The van der Waals surface area contributed by atoms with Gasteiger partial charge in [-0.15, -0.1) is 0 Å². The van der Waals surface area contributed by atoms with Crippen LogP contribution in [0.4, 0.5) is 0 Å². The summed E-state index contributed by atoms with van der Waals surface area (Å²) in [7, 11) is 0. The number of hydrogen-bond acceptors (Lipinski definition) is 1. The van der Waals surface area contributed by atoms with Crippen molar-refractivity contribution in [3.05, 3.63) is 217 Å². The maximum Gasteiger partial charge on any atom is 0.0716 e. The fourth-order valence-electron chi connectivity index (χ4n) is 8.15. The minimum atomic E-state index is 0.336. The number of alkyl halides is 1. The molecule has 0 radical (unpaired) electrons. The molecule has 0 unspecified atom stereocenters. The number of benzene rings is 7. The van der Waals surface area contributed by atoms with Crippen molar-refractivity contribution >= 4 is 45.1 Å². The van der Waals surface area contributed by atoms with E-state index in [1.807, 2.05) is 0 Å². The van der Waals surface area contributed by atoms with Gasteiger partial charge in [-0.25, -0.2) is 4.98 Å². The lowest BCUT2D eigenvalue weighted by molar-refractivity contribution is 0.923. The quantitative estimate of drug-likeness (QED) is 0.116. The number of hydrogen-bond donors (Lipinski definition) is 0. The zero-order valence-corrected chi connectivity index (χ0v) is 32.8. The molecule has 9 aromatic rings. The monoisotopic (exact) mass is 828 g/mol. The molecular formula is C53H37IN2. The van der Waals surface area contributed by atoms with E-state index in [1.54, 1.807) is 0 Å². The Kier molecular flexibility index (Phi) is 9.00. The number of rotatable bonds is 7. The zero-order chi connectivity index (χ0) is 37.4. The Bertz CT molecular complexity index is 2860. The summed E-state index contributed by atoms with van der Waals surface area (Å²) in [6, 6.07) is 71.9. The minimum absolute atomic E-state index is 0.336. The molecule has 2 nitrogen and oxygen atoms in total. The highest BCUT2D eigenvalue weighted by atomic mass is 127. The molecule has 0 spiro atoms. The van der Waals surface area contributed by atoms with Crippen LogP contribution in [0.2, 0.25) is 0 Å². The first-order valence-corrected chi connectivity index (χ1v) is 20.4. The van der Waals surface area contributed by atoms with Crippen molar-refractivity contribution in [1.29, 1.82) is 0 Å². The number of pyridine rings is 1. The maximum atomic E-state index is 5.32. The standard InChI is InChI=1S/C53H37IN2/c54-49-35-53-48(34-46(49)40-18-9-3-10-19-40)47-31-42(37-16-7-2-8-17-37)28-29-52(47)56(53)45-23-13-22-43(30-45)51-33-44(32-50(55-51)41-20-11-4-12-21-41)39-26-24-38(25-27-39)36-14-5-1-6-15-36/h1-34,49H,35H2/t49-/m0/s1. The lowest BCUT2D eigenvalue weighted by atomic mass is 9.90. The zero-order valence-electron chi connectivity index (χ0n) is 30.7. The average Bonchev–Trinajstić information content (AvgIpc) is 3.59. The van der Waals surface area contributed by atoms with Crippen molar-refractivity contribution in [3.8, 4) is 61.6 Å². The molecule has 0 saturated carbocycles. The van der Waals surface area contributed by atoms with Crippen LogP contribution in [0.3, 0.4) is 0 Å². The molecular weight excluding hydrogens is 792 g/mol. The van der Waals surface area contributed by atoms with E-state index in [0.29, 0.717) is 3.92 Å². The van der Waals surface area contributed by atoms with E-state index in [-0.39, 0.29) is 0 Å². The van der Waals surface area contributed by atoms with E-state index < -0.39 is 0 Å². The van der Waals surface area contributed by atoms with Gasteiger partial charge in [0.05, 0.1) is 16.9 Å². The molecule has 2 heterocycles. The van der Waals surface area contributed by atoms with Gasteiger partial charge < -0.3 is 4.57 Å². The molecule has 266 valence electrons. The van der Waals surface area contributed by atoms with E-state index in [4.69, 9.17) is 4.98 Å². The topological polar surface area (TPSA) is 17.8 Å². The van der Waals surface area contributed by atoms with Gasteiger partial charge in [-0.3, -0.25) is 0 Å². The summed E-state index contributed by atoms with van der Waals surface area (Å²) in [4.78, 5) is 5.32. The Morgan fingerprint density at radius 3 is 1.57 bits per heavy atom. The van der Waals surface area contributed by atoms with Gasteiger partial charge in [0.2, 0.25) is 0 Å². The van der Waals surface area contributed by atoms with E-state index in [0.717, 1.165) is 45.7 Å². The molecule has 0 amide bonds. The highest BCUT2D eigenvalue weighted by molar-refractivity contribution is 14.1. The normalized spacial score (nSPS) is 13.7. The van der Waals surface area contributed by atoms with Crippen molar-refractivity contribution < 1.29 is 0 Å². The Morgan fingerprint density at radius 1 is 0.429 bits per heavy atom. The van der Waals surface area contributed by atoms with Crippen LogP contribution in [-0.4, -0.2) is 13.5 Å². The highest BCUT2D eigenvalue weighted by Gasteiger charge is 2.27. The molecule has 1 atom stereocenters. The lowest BCUT2D eigenvalue weighted by Crippen LogP contribution is -2.14. The second-order valence-electron chi connectivity index (χ2n) is 14.4. The third-order valence-corrected chi connectivity index (χ3v) is 12.1. The number of aromatic nitrogens is 2. The van der Waals surface area contributed by atoms with E-state index in [1.165, 1.54) is 55.6 Å². The molecule has 1 aliphatic rings.